The van der Waals surface area contributed by atoms with Gasteiger partial charge in [0.15, 0.2) is 0 Å². The summed E-state index contributed by atoms with van der Waals surface area (Å²) >= 11 is 1.69. The number of rotatable bonds is 2. The van der Waals surface area contributed by atoms with Crippen molar-refractivity contribution in [3.05, 3.63) is 22.4 Å². The first-order chi connectivity index (χ1) is 6.58. The molecule has 14 heavy (non-hydrogen) atoms. The lowest BCUT2D eigenvalue weighted by molar-refractivity contribution is 0.432. The topological polar surface area (TPSA) is 12.0 Å². The molecule has 0 unspecified atom stereocenters. The van der Waals surface area contributed by atoms with Crippen LogP contribution in [0.2, 0.25) is 0 Å². The van der Waals surface area contributed by atoms with E-state index in [2.05, 4.69) is 49.4 Å². The van der Waals surface area contributed by atoms with Crippen LogP contribution in [0.3, 0.4) is 0 Å². The van der Waals surface area contributed by atoms with Gasteiger partial charge in [0.1, 0.15) is 0 Å². The van der Waals surface area contributed by atoms with E-state index in [1.165, 1.54) is 0 Å². The van der Waals surface area contributed by atoms with E-state index in [0.29, 0.717) is 0 Å². The zero-order valence-electron chi connectivity index (χ0n) is 9.05. The van der Waals surface area contributed by atoms with Crippen molar-refractivity contribution < 1.29 is 0 Å². The van der Waals surface area contributed by atoms with Crippen LogP contribution < -0.4 is 5.32 Å². The van der Waals surface area contributed by atoms with E-state index < -0.39 is 0 Å². The summed E-state index contributed by atoms with van der Waals surface area (Å²) in [5.41, 5.74) is 0.199. The van der Waals surface area contributed by atoms with Crippen molar-refractivity contribution in [1.29, 1.82) is 0 Å². The summed E-state index contributed by atoms with van der Waals surface area (Å²) in [7, 11) is 0. The van der Waals surface area contributed by atoms with Crippen molar-refractivity contribution >= 4 is 11.3 Å². The van der Waals surface area contributed by atoms with Gasteiger partial charge in [0.25, 0.3) is 0 Å². The Hall–Kier alpha value is -0.780. The van der Waals surface area contributed by atoms with Crippen molar-refractivity contribution in [3.8, 4) is 11.8 Å². The first-order valence-corrected chi connectivity index (χ1v) is 5.73. The van der Waals surface area contributed by atoms with Gasteiger partial charge >= 0.3 is 0 Å². The smallest absolute Gasteiger partial charge is 0.0768 e. The average Bonchev–Trinajstić information content (AvgIpc) is 2.54. The molecule has 0 fully saturated rings. The first kappa shape index (κ1) is 11.3. The van der Waals surface area contributed by atoms with Crippen LogP contribution in [0.1, 0.15) is 32.1 Å². The SMILES string of the molecule is CC(C)(C)NCCC#Cc1cccs1. The van der Waals surface area contributed by atoms with E-state index in [1.54, 1.807) is 11.3 Å². The van der Waals surface area contributed by atoms with Crippen LogP contribution in [0, 0.1) is 11.8 Å². The fourth-order valence-corrected chi connectivity index (χ4v) is 1.59. The van der Waals surface area contributed by atoms with E-state index >= 15 is 0 Å². The Morgan fingerprint density at radius 2 is 2.21 bits per heavy atom. The predicted molar refractivity (Wildman–Crippen MR) is 63.6 cm³/mol. The second kappa shape index (κ2) is 5.19. The van der Waals surface area contributed by atoms with E-state index in [-0.39, 0.29) is 5.54 Å². The highest BCUT2D eigenvalue weighted by Gasteiger charge is 2.06. The maximum absolute atomic E-state index is 3.40. The lowest BCUT2D eigenvalue weighted by atomic mass is 10.1. The van der Waals surface area contributed by atoms with Gasteiger partial charge in [-0.1, -0.05) is 17.9 Å². The Bertz CT molecular complexity index is 308. The minimum absolute atomic E-state index is 0.199. The molecule has 0 atom stereocenters. The molecule has 0 aromatic carbocycles. The Morgan fingerprint density at radius 1 is 1.43 bits per heavy atom. The Morgan fingerprint density at radius 3 is 2.79 bits per heavy atom. The van der Waals surface area contributed by atoms with Gasteiger partial charge in [0, 0.05) is 18.5 Å². The lowest BCUT2D eigenvalue weighted by Gasteiger charge is -2.19. The Labute approximate surface area is 90.5 Å². The van der Waals surface area contributed by atoms with Crippen LogP contribution in [0.15, 0.2) is 17.5 Å². The van der Waals surface area contributed by atoms with Gasteiger partial charge in [0.05, 0.1) is 4.88 Å². The van der Waals surface area contributed by atoms with Crippen LogP contribution in [0.4, 0.5) is 0 Å². The molecule has 0 amide bonds. The number of hydrogen-bond acceptors (Lipinski definition) is 2. The fraction of sp³-hybridized carbons (Fsp3) is 0.500. The molecule has 1 rings (SSSR count). The standard InChI is InChI=1S/C12H17NS/c1-12(2,3)13-9-5-4-7-11-8-6-10-14-11/h6,8,10,13H,5,9H2,1-3H3. The van der Waals surface area contributed by atoms with Crippen LogP contribution >= 0.6 is 11.3 Å². The molecule has 0 saturated carbocycles. The third-order valence-corrected chi connectivity index (χ3v) is 2.42. The monoisotopic (exact) mass is 207 g/mol. The van der Waals surface area contributed by atoms with Gasteiger partial charge in [-0.15, -0.1) is 11.3 Å². The number of thiophene rings is 1. The first-order valence-electron chi connectivity index (χ1n) is 4.85. The van der Waals surface area contributed by atoms with E-state index in [0.717, 1.165) is 17.8 Å². The van der Waals surface area contributed by atoms with Gasteiger partial charge in [-0.05, 0) is 32.2 Å². The highest BCUT2D eigenvalue weighted by atomic mass is 32.1. The molecule has 1 nitrogen and oxygen atoms in total. The fourth-order valence-electron chi connectivity index (χ4n) is 0.999. The summed E-state index contributed by atoms with van der Waals surface area (Å²) in [5, 5.41) is 5.46. The van der Waals surface area contributed by atoms with Crippen LogP contribution in [-0.4, -0.2) is 12.1 Å². The Kier molecular flexibility index (Phi) is 4.19. The molecule has 2 heteroatoms. The molecule has 0 saturated heterocycles. The van der Waals surface area contributed by atoms with Gasteiger partial charge in [-0.2, -0.15) is 0 Å². The summed E-state index contributed by atoms with van der Waals surface area (Å²) in [4.78, 5) is 1.15. The summed E-state index contributed by atoms with van der Waals surface area (Å²) in [6.45, 7) is 7.46. The highest BCUT2D eigenvalue weighted by Crippen LogP contribution is 2.05. The van der Waals surface area contributed by atoms with Crippen molar-refractivity contribution in [3.63, 3.8) is 0 Å². The Balaban J connectivity index is 2.22. The molecule has 1 aromatic rings. The van der Waals surface area contributed by atoms with Crippen LogP contribution in [0.5, 0.6) is 0 Å². The third-order valence-electron chi connectivity index (χ3n) is 1.64. The molecule has 0 aliphatic rings. The van der Waals surface area contributed by atoms with Gasteiger partial charge in [-0.25, -0.2) is 0 Å². The van der Waals surface area contributed by atoms with E-state index in [4.69, 9.17) is 0 Å². The van der Waals surface area contributed by atoms with Gasteiger partial charge in [0.2, 0.25) is 0 Å². The predicted octanol–water partition coefficient (Wildman–Crippen LogP) is 2.88. The highest BCUT2D eigenvalue weighted by molar-refractivity contribution is 7.10. The van der Waals surface area contributed by atoms with Crippen molar-refractivity contribution in [1.82, 2.24) is 5.32 Å². The van der Waals surface area contributed by atoms with Crippen LogP contribution in [-0.2, 0) is 0 Å². The maximum Gasteiger partial charge on any atom is 0.0768 e. The average molecular weight is 207 g/mol. The summed E-state index contributed by atoms with van der Waals surface area (Å²) in [5.74, 6) is 6.30. The molecular weight excluding hydrogens is 190 g/mol. The number of nitrogens with one attached hydrogen (secondary N) is 1. The zero-order chi connectivity index (χ0) is 10.4. The van der Waals surface area contributed by atoms with E-state index in [9.17, 15) is 0 Å². The largest absolute Gasteiger partial charge is 0.311 e. The van der Waals surface area contributed by atoms with Gasteiger partial charge < -0.3 is 5.32 Å². The second-order valence-corrected chi connectivity index (χ2v) is 5.15. The molecule has 0 aliphatic carbocycles. The molecule has 0 bridgehead atoms. The molecular formula is C12H17NS. The molecule has 1 heterocycles. The minimum atomic E-state index is 0.199. The molecule has 0 spiro atoms. The molecule has 0 radical (unpaired) electrons. The summed E-state index contributed by atoms with van der Waals surface area (Å²) in [6.07, 6.45) is 0.912. The summed E-state index contributed by atoms with van der Waals surface area (Å²) < 4.78 is 0. The van der Waals surface area contributed by atoms with Crippen molar-refractivity contribution in [2.75, 3.05) is 6.54 Å². The van der Waals surface area contributed by atoms with Crippen molar-refractivity contribution in [2.45, 2.75) is 32.7 Å². The van der Waals surface area contributed by atoms with E-state index in [1.807, 2.05) is 6.07 Å². The molecule has 76 valence electrons. The summed E-state index contributed by atoms with van der Waals surface area (Å²) in [6, 6.07) is 4.08. The molecule has 1 aromatic heterocycles. The zero-order valence-corrected chi connectivity index (χ0v) is 9.87. The minimum Gasteiger partial charge on any atom is -0.311 e. The third kappa shape index (κ3) is 5.06. The normalized spacial score (nSPS) is 10.8. The van der Waals surface area contributed by atoms with Gasteiger partial charge in [-0.3, -0.25) is 0 Å². The molecule has 0 aliphatic heterocycles. The quantitative estimate of drug-likeness (QED) is 0.581. The number of hydrogen-bond donors (Lipinski definition) is 1. The lowest BCUT2D eigenvalue weighted by Crippen LogP contribution is -2.36. The molecule has 1 N–H and O–H groups in total. The van der Waals surface area contributed by atoms with Crippen molar-refractivity contribution in [2.24, 2.45) is 0 Å². The van der Waals surface area contributed by atoms with Crippen LogP contribution in [0.25, 0.3) is 0 Å². The second-order valence-electron chi connectivity index (χ2n) is 4.21. The maximum atomic E-state index is 3.40.